The Kier molecular flexibility index (Phi) is 6.23. The third kappa shape index (κ3) is 5.01. The Morgan fingerprint density at radius 1 is 1.25 bits per heavy atom. The van der Waals surface area contributed by atoms with Gasteiger partial charge in [0.1, 0.15) is 5.82 Å². The van der Waals surface area contributed by atoms with E-state index in [-0.39, 0.29) is 17.4 Å². The van der Waals surface area contributed by atoms with Gasteiger partial charge >= 0.3 is 5.69 Å². The zero-order valence-corrected chi connectivity index (χ0v) is 14.0. The number of H-pyrrole nitrogens is 1. The van der Waals surface area contributed by atoms with E-state index in [2.05, 4.69) is 15.3 Å². The molecule has 2 N–H and O–H groups in total. The summed E-state index contributed by atoms with van der Waals surface area (Å²) in [6.07, 6.45) is 2.13. The van der Waals surface area contributed by atoms with Crippen LogP contribution in [0.5, 0.6) is 0 Å². The van der Waals surface area contributed by atoms with Crippen molar-refractivity contribution in [2.75, 3.05) is 6.54 Å². The number of aryl methyl sites for hydroxylation is 3. The number of nitrogens with one attached hydrogen (secondary N) is 2. The molecule has 2 rings (SSSR count). The highest BCUT2D eigenvalue weighted by Gasteiger charge is 2.09. The minimum Gasteiger partial charge on any atom is -0.356 e. The normalized spacial score (nSPS) is 10.6. The molecule has 0 aliphatic rings. The lowest BCUT2D eigenvalue weighted by atomic mass is 10.1. The Bertz CT molecular complexity index is 745. The maximum absolute atomic E-state index is 13.5. The average Bonchev–Trinajstić information content (AvgIpc) is 2.52. The van der Waals surface area contributed by atoms with Crippen LogP contribution in [0.1, 0.15) is 35.4 Å². The highest BCUT2D eigenvalue weighted by Crippen LogP contribution is 2.10. The molecule has 0 atom stereocenters. The van der Waals surface area contributed by atoms with Crippen molar-refractivity contribution < 1.29 is 9.18 Å². The predicted molar refractivity (Wildman–Crippen MR) is 90.4 cm³/mol. The SMILES string of the molecule is Cc1nc(=O)[nH]c(C)c1CCC(=O)NCCCc1ccccc1F. The Morgan fingerprint density at radius 2 is 2.00 bits per heavy atom. The van der Waals surface area contributed by atoms with Crippen molar-refractivity contribution in [2.24, 2.45) is 0 Å². The molecule has 0 radical (unpaired) electrons. The molecular formula is C18H22FN3O2. The molecule has 6 heteroatoms. The summed E-state index contributed by atoms with van der Waals surface area (Å²) in [5.74, 6) is -0.270. The number of hydrogen-bond acceptors (Lipinski definition) is 3. The van der Waals surface area contributed by atoms with Crippen LogP contribution in [-0.4, -0.2) is 22.4 Å². The molecule has 1 heterocycles. The minimum absolute atomic E-state index is 0.0615. The van der Waals surface area contributed by atoms with E-state index >= 15 is 0 Å². The fourth-order valence-electron chi connectivity index (χ4n) is 2.66. The molecule has 5 nitrogen and oxygen atoms in total. The third-order valence-electron chi connectivity index (χ3n) is 3.96. The molecule has 0 bridgehead atoms. The van der Waals surface area contributed by atoms with Gasteiger partial charge in [0.05, 0.1) is 0 Å². The van der Waals surface area contributed by atoms with Gasteiger partial charge in [-0.15, -0.1) is 0 Å². The zero-order valence-electron chi connectivity index (χ0n) is 14.0. The van der Waals surface area contributed by atoms with Gasteiger partial charge in [0.15, 0.2) is 0 Å². The van der Waals surface area contributed by atoms with E-state index < -0.39 is 0 Å². The maximum atomic E-state index is 13.5. The molecule has 128 valence electrons. The summed E-state index contributed by atoms with van der Waals surface area (Å²) in [7, 11) is 0. The first-order chi connectivity index (χ1) is 11.5. The molecule has 0 spiro atoms. The Balaban J connectivity index is 1.74. The van der Waals surface area contributed by atoms with Gasteiger partial charge < -0.3 is 10.3 Å². The van der Waals surface area contributed by atoms with Crippen molar-refractivity contribution >= 4 is 5.91 Å². The van der Waals surface area contributed by atoms with Gasteiger partial charge in [-0.2, -0.15) is 4.98 Å². The summed E-state index contributed by atoms with van der Waals surface area (Å²) < 4.78 is 13.5. The highest BCUT2D eigenvalue weighted by molar-refractivity contribution is 5.76. The summed E-state index contributed by atoms with van der Waals surface area (Å²) in [5, 5.41) is 2.84. The second-order valence-electron chi connectivity index (χ2n) is 5.78. The van der Waals surface area contributed by atoms with Crippen LogP contribution in [-0.2, 0) is 17.6 Å². The lowest BCUT2D eigenvalue weighted by Gasteiger charge is -2.09. The topological polar surface area (TPSA) is 74.8 Å². The molecule has 0 aliphatic carbocycles. The number of amides is 1. The van der Waals surface area contributed by atoms with Gasteiger partial charge in [-0.1, -0.05) is 18.2 Å². The molecule has 1 amide bonds. The van der Waals surface area contributed by atoms with E-state index in [1.54, 1.807) is 32.0 Å². The van der Waals surface area contributed by atoms with Gasteiger partial charge in [0.25, 0.3) is 0 Å². The van der Waals surface area contributed by atoms with Crippen LogP contribution in [0.2, 0.25) is 0 Å². The van der Waals surface area contributed by atoms with Gasteiger partial charge in [-0.25, -0.2) is 9.18 Å². The molecule has 0 fully saturated rings. The van der Waals surface area contributed by atoms with E-state index in [9.17, 15) is 14.0 Å². The van der Waals surface area contributed by atoms with Gasteiger partial charge in [0, 0.05) is 24.4 Å². The van der Waals surface area contributed by atoms with Crippen LogP contribution in [0.15, 0.2) is 29.1 Å². The molecule has 0 aliphatic heterocycles. The predicted octanol–water partition coefficient (Wildman–Crippen LogP) is 2.21. The number of halogens is 1. The number of aromatic amines is 1. The lowest BCUT2D eigenvalue weighted by molar-refractivity contribution is -0.121. The quantitative estimate of drug-likeness (QED) is 0.764. The van der Waals surface area contributed by atoms with E-state index in [0.29, 0.717) is 43.5 Å². The summed E-state index contributed by atoms with van der Waals surface area (Å²) in [4.78, 5) is 29.6. The Hall–Kier alpha value is -2.50. The summed E-state index contributed by atoms with van der Waals surface area (Å²) in [5.41, 5.74) is 2.60. The van der Waals surface area contributed by atoms with Crippen molar-refractivity contribution in [2.45, 2.75) is 39.5 Å². The summed E-state index contributed by atoms with van der Waals surface area (Å²) in [6, 6.07) is 6.67. The molecule has 0 saturated heterocycles. The zero-order chi connectivity index (χ0) is 17.5. The minimum atomic E-state index is -0.369. The molecular weight excluding hydrogens is 309 g/mol. The maximum Gasteiger partial charge on any atom is 0.345 e. The van der Waals surface area contributed by atoms with Crippen molar-refractivity contribution in [1.29, 1.82) is 0 Å². The van der Waals surface area contributed by atoms with Gasteiger partial charge in [-0.05, 0) is 50.3 Å². The number of carbonyl (C=O) groups excluding carboxylic acids is 1. The van der Waals surface area contributed by atoms with E-state index in [0.717, 1.165) is 11.3 Å². The number of hydrogen-bond donors (Lipinski definition) is 2. The molecule has 1 aromatic carbocycles. The summed E-state index contributed by atoms with van der Waals surface area (Å²) in [6.45, 7) is 4.08. The fourth-order valence-corrected chi connectivity index (χ4v) is 2.66. The Labute approximate surface area is 140 Å². The number of nitrogens with zero attached hydrogens (tertiary/aromatic N) is 1. The number of benzene rings is 1. The van der Waals surface area contributed by atoms with Crippen LogP contribution >= 0.6 is 0 Å². The number of carbonyl (C=O) groups is 1. The molecule has 1 aromatic heterocycles. The van der Waals surface area contributed by atoms with Crippen LogP contribution in [0.3, 0.4) is 0 Å². The number of aromatic nitrogens is 2. The Morgan fingerprint density at radius 3 is 2.71 bits per heavy atom. The van der Waals surface area contributed by atoms with Gasteiger partial charge in [-0.3, -0.25) is 4.79 Å². The van der Waals surface area contributed by atoms with Crippen LogP contribution in [0, 0.1) is 19.7 Å². The van der Waals surface area contributed by atoms with E-state index in [1.165, 1.54) is 6.07 Å². The number of rotatable bonds is 7. The van der Waals surface area contributed by atoms with Crippen molar-refractivity contribution in [3.63, 3.8) is 0 Å². The second-order valence-corrected chi connectivity index (χ2v) is 5.78. The fraction of sp³-hybridized carbons (Fsp3) is 0.389. The van der Waals surface area contributed by atoms with E-state index in [4.69, 9.17) is 0 Å². The largest absolute Gasteiger partial charge is 0.356 e. The average molecular weight is 331 g/mol. The highest BCUT2D eigenvalue weighted by atomic mass is 19.1. The molecule has 0 unspecified atom stereocenters. The third-order valence-corrected chi connectivity index (χ3v) is 3.96. The van der Waals surface area contributed by atoms with Crippen molar-refractivity contribution in [3.8, 4) is 0 Å². The summed E-state index contributed by atoms with van der Waals surface area (Å²) >= 11 is 0. The first kappa shape index (κ1) is 17.8. The molecule has 0 saturated carbocycles. The van der Waals surface area contributed by atoms with Crippen LogP contribution < -0.4 is 11.0 Å². The van der Waals surface area contributed by atoms with Crippen LogP contribution in [0.4, 0.5) is 4.39 Å². The van der Waals surface area contributed by atoms with Crippen molar-refractivity contribution in [3.05, 3.63) is 63.1 Å². The van der Waals surface area contributed by atoms with Crippen molar-refractivity contribution in [1.82, 2.24) is 15.3 Å². The molecule has 24 heavy (non-hydrogen) atoms. The lowest BCUT2D eigenvalue weighted by Crippen LogP contribution is -2.25. The standard InChI is InChI=1S/C18H22FN3O2/c1-12-15(13(2)22-18(24)21-12)9-10-17(23)20-11-5-7-14-6-3-4-8-16(14)19/h3-4,6,8H,5,7,9-11H2,1-2H3,(H,20,23)(H,21,22,24). The monoisotopic (exact) mass is 331 g/mol. The van der Waals surface area contributed by atoms with E-state index in [1.807, 2.05) is 0 Å². The second kappa shape index (κ2) is 8.38. The van der Waals surface area contributed by atoms with Gasteiger partial charge in [0.2, 0.25) is 5.91 Å². The first-order valence-electron chi connectivity index (χ1n) is 8.04. The first-order valence-corrected chi connectivity index (χ1v) is 8.04. The smallest absolute Gasteiger partial charge is 0.345 e. The molecule has 2 aromatic rings. The van der Waals surface area contributed by atoms with Crippen LogP contribution in [0.25, 0.3) is 0 Å².